The Morgan fingerprint density at radius 1 is 1.25 bits per heavy atom. The lowest BCUT2D eigenvalue weighted by atomic mass is 10.1. The summed E-state index contributed by atoms with van der Waals surface area (Å²) in [6, 6.07) is 12.5. The molecule has 0 bridgehead atoms. The van der Waals surface area contributed by atoms with E-state index in [-0.39, 0.29) is 5.69 Å². The average molecular weight is 340 g/mol. The minimum atomic E-state index is -0.402. The first kappa shape index (κ1) is 16.2. The number of nitrogens with zero attached hydrogens (tertiary/aromatic N) is 3. The van der Waals surface area contributed by atoms with Gasteiger partial charge in [0.2, 0.25) is 0 Å². The van der Waals surface area contributed by atoms with Crippen molar-refractivity contribution in [1.82, 2.24) is 5.43 Å². The molecular weight excluding hydrogens is 324 g/mol. The summed E-state index contributed by atoms with van der Waals surface area (Å²) in [6.07, 6.45) is 0. The molecule has 0 spiro atoms. The van der Waals surface area contributed by atoms with Crippen LogP contribution in [0.4, 0.5) is 11.4 Å². The molecule has 0 aliphatic carbocycles. The first-order valence-electron chi connectivity index (χ1n) is 7.39. The largest absolute Gasteiger partial charge is 0.270 e. The first-order chi connectivity index (χ1) is 11.5. The standard InChI is InChI=1S/C17H16N4O2S/c1-11-5-3-8-15(12(11)2)18-17-20-19-16(10-24-17)13-6-4-7-14(9-13)21(22)23/h3-9H,10H2,1-2H3,(H,18,20). The fraction of sp³-hybridized carbons (Fsp3) is 0.176. The van der Waals surface area contributed by atoms with Crippen LogP contribution in [0.3, 0.4) is 0 Å². The summed E-state index contributed by atoms with van der Waals surface area (Å²) in [5.74, 6) is 0.609. The zero-order chi connectivity index (χ0) is 17.1. The highest BCUT2D eigenvalue weighted by molar-refractivity contribution is 8.14. The van der Waals surface area contributed by atoms with Crippen LogP contribution in [0.25, 0.3) is 0 Å². The Hall–Kier alpha value is -2.67. The molecule has 0 aromatic heterocycles. The van der Waals surface area contributed by atoms with Gasteiger partial charge >= 0.3 is 0 Å². The Labute approximate surface area is 143 Å². The van der Waals surface area contributed by atoms with Crippen LogP contribution in [0, 0.1) is 24.0 Å². The molecule has 0 amide bonds. The van der Waals surface area contributed by atoms with Crippen LogP contribution < -0.4 is 5.43 Å². The van der Waals surface area contributed by atoms with Crippen molar-refractivity contribution in [3.8, 4) is 0 Å². The molecule has 2 aromatic carbocycles. The lowest BCUT2D eigenvalue weighted by Gasteiger charge is -2.15. The maximum atomic E-state index is 10.9. The molecule has 0 radical (unpaired) electrons. The fourth-order valence-electron chi connectivity index (χ4n) is 2.29. The van der Waals surface area contributed by atoms with Crippen molar-refractivity contribution >= 4 is 34.0 Å². The van der Waals surface area contributed by atoms with Crippen LogP contribution in [0.5, 0.6) is 0 Å². The summed E-state index contributed by atoms with van der Waals surface area (Å²) < 4.78 is 0. The average Bonchev–Trinajstić information content (AvgIpc) is 2.60. The Morgan fingerprint density at radius 3 is 2.75 bits per heavy atom. The number of aliphatic imine (C=N–C) groups is 1. The van der Waals surface area contributed by atoms with Gasteiger partial charge in [-0.05, 0) is 31.0 Å². The Kier molecular flexibility index (Phi) is 4.61. The van der Waals surface area contributed by atoms with E-state index in [1.165, 1.54) is 29.5 Å². The van der Waals surface area contributed by atoms with Gasteiger partial charge in [-0.1, -0.05) is 36.0 Å². The second-order valence-electron chi connectivity index (χ2n) is 5.40. The summed E-state index contributed by atoms with van der Waals surface area (Å²) in [5.41, 5.74) is 7.77. The van der Waals surface area contributed by atoms with Crippen molar-refractivity contribution in [2.45, 2.75) is 13.8 Å². The van der Waals surface area contributed by atoms with Crippen molar-refractivity contribution in [3.63, 3.8) is 0 Å². The number of nitrogens with one attached hydrogen (secondary N) is 1. The summed E-state index contributed by atoms with van der Waals surface area (Å²) in [4.78, 5) is 15.1. The fourth-order valence-corrected chi connectivity index (χ4v) is 3.06. The van der Waals surface area contributed by atoms with Gasteiger partial charge in [-0.2, -0.15) is 5.10 Å². The third-order valence-corrected chi connectivity index (χ3v) is 4.69. The molecule has 7 heteroatoms. The van der Waals surface area contributed by atoms with E-state index in [9.17, 15) is 10.1 Å². The highest BCUT2D eigenvalue weighted by Gasteiger charge is 2.16. The number of non-ortho nitro benzene ring substituents is 1. The monoisotopic (exact) mass is 340 g/mol. The van der Waals surface area contributed by atoms with Gasteiger partial charge in [0.05, 0.1) is 16.3 Å². The van der Waals surface area contributed by atoms with Gasteiger partial charge in [-0.25, -0.2) is 4.99 Å². The number of nitro groups is 1. The molecule has 1 aliphatic heterocycles. The number of hydrogen-bond acceptors (Lipinski definition) is 5. The topological polar surface area (TPSA) is 79.9 Å². The third-order valence-electron chi connectivity index (χ3n) is 3.82. The van der Waals surface area contributed by atoms with E-state index in [1.54, 1.807) is 6.07 Å². The number of hydrazone groups is 1. The minimum Gasteiger partial charge on any atom is -0.258 e. The molecule has 0 atom stereocenters. The highest BCUT2D eigenvalue weighted by Crippen LogP contribution is 2.24. The van der Waals surface area contributed by atoms with E-state index in [0.29, 0.717) is 5.75 Å². The predicted octanol–water partition coefficient (Wildman–Crippen LogP) is 3.94. The maximum Gasteiger partial charge on any atom is 0.270 e. The van der Waals surface area contributed by atoms with E-state index >= 15 is 0 Å². The second kappa shape index (κ2) is 6.84. The van der Waals surface area contributed by atoms with Crippen molar-refractivity contribution in [2.75, 3.05) is 5.75 Å². The number of nitro benzene ring substituents is 1. The van der Waals surface area contributed by atoms with Gasteiger partial charge < -0.3 is 0 Å². The Balaban J connectivity index is 1.81. The Morgan fingerprint density at radius 2 is 2.04 bits per heavy atom. The van der Waals surface area contributed by atoms with Crippen molar-refractivity contribution < 1.29 is 4.92 Å². The smallest absolute Gasteiger partial charge is 0.258 e. The normalized spacial score (nSPS) is 15.8. The van der Waals surface area contributed by atoms with Gasteiger partial charge in [-0.3, -0.25) is 15.5 Å². The van der Waals surface area contributed by atoms with Crippen LogP contribution in [0.15, 0.2) is 52.6 Å². The van der Waals surface area contributed by atoms with E-state index in [4.69, 9.17) is 0 Å². The van der Waals surface area contributed by atoms with Crippen molar-refractivity contribution in [3.05, 3.63) is 69.3 Å². The number of hydrogen-bond donors (Lipinski definition) is 1. The molecule has 1 heterocycles. The van der Waals surface area contributed by atoms with Gasteiger partial charge in [0.15, 0.2) is 5.17 Å². The zero-order valence-corrected chi connectivity index (χ0v) is 14.1. The van der Waals surface area contributed by atoms with Crippen LogP contribution in [0.2, 0.25) is 0 Å². The minimum absolute atomic E-state index is 0.0649. The van der Waals surface area contributed by atoms with Crippen molar-refractivity contribution in [2.24, 2.45) is 10.1 Å². The molecule has 1 aliphatic rings. The van der Waals surface area contributed by atoms with E-state index in [2.05, 4.69) is 28.5 Å². The SMILES string of the molecule is Cc1cccc(N=C2NN=C(c3cccc([N+](=O)[O-])c3)CS2)c1C. The van der Waals surface area contributed by atoms with Gasteiger partial charge in [0.1, 0.15) is 0 Å². The van der Waals surface area contributed by atoms with E-state index in [1.807, 2.05) is 25.1 Å². The lowest BCUT2D eigenvalue weighted by molar-refractivity contribution is -0.384. The van der Waals surface area contributed by atoms with Crippen LogP contribution >= 0.6 is 11.8 Å². The highest BCUT2D eigenvalue weighted by atomic mass is 32.2. The van der Waals surface area contributed by atoms with E-state index in [0.717, 1.165) is 27.7 Å². The predicted molar refractivity (Wildman–Crippen MR) is 98.2 cm³/mol. The van der Waals surface area contributed by atoms with Gasteiger partial charge in [-0.15, -0.1) is 0 Å². The number of rotatable bonds is 3. The molecule has 0 saturated carbocycles. The van der Waals surface area contributed by atoms with E-state index < -0.39 is 4.92 Å². The van der Waals surface area contributed by atoms with Gasteiger partial charge in [0, 0.05) is 23.4 Å². The number of benzene rings is 2. The molecule has 3 rings (SSSR count). The maximum absolute atomic E-state index is 10.9. The molecule has 0 saturated heterocycles. The van der Waals surface area contributed by atoms with Crippen LogP contribution in [-0.2, 0) is 0 Å². The molecule has 24 heavy (non-hydrogen) atoms. The summed E-state index contributed by atoms with van der Waals surface area (Å²) in [7, 11) is 0. The zero-order valence-electron chi connectivity index (χ0n) is 13.3. The summed E-state index contributed by atoms with van der Waals surface area (Å²) in [5, 5.41) is 15.9. The molecular formula is C17H16N4O2S. The van der Waals surface area contributed by atoms with Crippen LogP contribution in [-0.4, -0.2) is 21.6 Å². The molecule has 122 valence electrons. The Bertz CT molecular complexity index is 861. The number of aryl methyl sites for hydroxylation is 1. The molecule has 1 N–H and O–H groups in total. The number of amidine groups is 1. The second-order valence-corrected chi connectivity index (χ2v) is 6.37. The molecule has 6 nitrogen and oxygen atoms in total. The summed E-state index contributed by atoms with van der Waals surface area (Å²) in [6.45, 7) is 4.10. The van der Waals surface area contributed by atoms with Gasteiger partial charge in [0.25, 0.3) is 5.69 Å². The molecule has 0 unspecified atom stereocenters. The molecule has 0 fully saturated rings. The van der Waals surface area contributed by atoms with Crippen LogP contribution in [0.1, 0.15) is 16.7 Å². The first-order valence-corrected chi connectivity index (χ1v) is 8.38. The van der Waals surface area contributed by atoms with Crippen molar-refractivity contribution in [1.29, 1.82) is 0 Å². The lowest BCUT2D eigenvalue weighted by Crippen LogP contribution is -2.25. The third kappa shape index (κ3) is 3.46. The summed E-state index contributed by atoms with van der Waals surface area (Å²) >= 11 is 1.53. The number of thioether (sulfide) groups is 1. The quantitative estimate of drug-likeness (QED) is 0.678. The molecule has 2 aromatic rings.